The number of hydrogen-bond acceptors (Lipinski definition) is 3. The summed E-state index contributed by atoms with van der Waals surface area (Å²) < 4.78 is 10.2. The average molecular weight is 249 g/mol. The highest BCUT2D eigenvalue weighted by molar-refractivity contribution is 5.80. The zero-order valence-electron chi connectivity index (χ0n) is 10.6. The molecule has 18 heavy (non-hydrogen) atoms. The molecule has 0 amide bonds. The number of guanidine groups is 1. The van der Waals surface area contributed by atoms with E-state index in [1.165, 1.54) is 0 Å². The number of furan rings is 1. The van der Waals surface area contributed by atoms with Crippen LogP contribution in [-0.4, -0.2) is 39.3 Å². The molecule has 0 saturated heterocycles. The van der Waals surface area contributed by atoms with E-state index in [9.17, 15) is 0 Å². The summed E-state index contributed by atoms with van der Waals surface area (Å²) in [6, 6.07) is 3.82. The van der Waals surface area contributed by atoms with E-state index in [4.69, 9.17) is 15.6 Å². The van der Waals surface area contributed by atoms with Crippen molar-refractivity contribution >= 4 is 5.96 Å². The molecule has 0 spiro atoms. The molecule has 0 unspecified atom stereocenters. The Labute approximate surface area is 108 Å². The van der Waals surface area contributed by atoms with Crippen molar-refractivity contribution in [2.24, 2.45) is 4.99 Å². The lowest BCUT2D eigenvalue weighted by Gasteiger charge is -2.10. The van der Waals surface area contributed by atoms with E-state index in [0.717, 1.165) is 18.7 Å². The van der Waals surface area contributed by atoms with Crippen molar-refractivity contribution in [3.8, 4) is 12.3 Å². The molecule has 5 heteroatoms. The summed E-state index contributed by atoms with van der Waals surface area (Å²) >= 11 is 0. The van der Waals surface area contributed by atoms with E-state index in [0.29, 0.717) is 25.7 Å². The summed E-state index contributed by atoms with van der Waals surface area (Å²) in [6.45, 7) is 2.36. The van der Waals surface area contributed by atoms with E-state index in [2.05, 4.69) is 21.5 Å². The standard InChI is InChI=1S/C13H19N3O2/c1-3-7-14-13(16-9-11-17-2)15-8-6-12-5-4-10-18-12/h1,4-5,10H,6-9,11H2,2H3,(H2,14,15,16). The molecule has 0 aromatic carbocycles. The highest BCUT2D eigenvalue weighted by Gasteiger charge is 1.99. The summed E-state index contributed by atoms with van der Waals surface area (Å²) in [5.74, 6) is 4.14. The molecule has 2 N–H and O–H groups in total. The van der Waals surface area contributed by atoms with Crippen molar-refractivity contribution in [1.82, 2.24) is 10.6 Å². The topological polar surface area (TPSA) is 58.8 Å². The van der Waals surface area contributed by atoms with Crippen LogP contribution in [0.25, 0.3) is 0 Å². The summed E-state index contributed by atoms with van der Waals surface area (Å²) in [5.41, 5.74) is 0. The summed E-state index contributed by atoms with van der Waals surface area (Å²) in [6.07, 6.45) is 7.67. The molecule has 98 valence electrons. The fraction of sp³-hybridized carbons (Fsp3) is 0.462. The Balaban J connectivity index is 2.30. The van der Waals surface area contributed by atoms with Gasteiger partial charge in [-0.2, -0.15) is 0 Å². The molecule has 0 aliphatic rings. The van der Waals surface area contributed by atoms with Gasteiger partial charge in [-0.1, -0.05) is 5.92 Å². The lowest BCUT2D eigenvalue weighted by molar-refractivity contribution is 0.208. The first-order valence-electron chi connectivity index (χ1n) is 5.83. The van der Waals surface area contributed by atoms with Crippen LogP contribution in [0.3, 0.4) is 0 Å². The Morgan fingerprint density at radius 3 is 3.11 bits per heavy atom. The molecular weight excluding hydrogens is 230 g/mol. The number of hydrogen-bond donors (Lipinski definition) is 2. The fourth-order valence-electron chi connectivity index (χ4n) is 1.32. The van der Waals surface area contributed by atoms with Crippen LogP contribution in [0, 0.1) is 12.3 Å². The Bertz CT molecular complexity index is 379. The molecule has 0 radical (unpaired) electrons. The Morgan fingerprint density at radius 2 is 2.44 bits per heavy atom. The average Bonchev–Trinajstić information content (AvgIpc) is 2.88. The van der Waals surface area contributed by atoms with Gasteiger partial charge in [0.15, 0.2) is 5.96 Å². The van der Waals surface area contributed by atoms with Crippen molar-refractivity contribution < 1.29 is 9.15 Å². The van der Waals surface area contributed by atoms with Gasteiger partial charge < -0.3 is 19.8 Å². The van der Waals surface area contributed by atoms with Gasteiger partial charge in [-0.05, 0) is 12.1 Å². The van der Waals surface area contributed by atoms with E-state index >= 15 is 0 Å². The fourth-order valence-corrected chi connectivity index (χ4v) is 1.32. The van der Waals surface area contributed by atoms with Crippen molar-refractivity contribution in [3.63, 3.8) is 0 Å². The molecule has 0 bridgehead atoms. The molecule has 0 atom stereocenters. The van der Waals surface area contributed by atoms with Crippen LogP contribution in [0.5, 0.6) is 0 Å². The third-order valence-corrected chi connectivity index (χ3v) is 2.17. The number of nitrogens with one attached hydrogen (secondary N) is 2. The minimum absolute atomic E-state index is 0.444. The van der Waals surface area contributed by atoms with Gasteiger partial charge in [0.25, 0.3) is 0 Å². The second-order valence-electron chi connectivity index (χ2n) is 3.54. The van der Waals surface area contributed by atoms with Gasteiger partial charge in [-0.3, -0.25) is 4.99 Å². The molecule has 0 aliphatic heterocycles. The predicted molar refractivity (Wildman–Crippen MR) is 71.4 cm³/mol. The quantitative estimate of drug-likeness (QED) is 0.322. The van der Waals surface area contributed by atoms with Gasteiger partial charge in [0.1, 0.15) is 5.76 Å². The summed E-state index contributed by atoms with van der Waals surface area (Å²) in [5, 5.41) is 6.20. The van der Waals surface area contributed by atoms with E-state index in [-0.39, 0.29) is 0 Å². The first-order chi connectivity index (χ1) is 8.86. The third kappa shape index (κ3) is 5.97. The summed E-state index contributed by atoms with van der Waals surface area (Å²) in [7, 11) is 1.65. The number of methoxy groups -OCH3 is 1. The number of terminal acetylenes is 1. The molecule has 0 saturated carbocycles. The molecular formula is C13H19N3O2. The molecule has 0 fully saturated rings. The number of nitrogens with zero attached hydrogens (tertiary/aromatic N) is 1. The maximum Gasteiger partial charge on any atom is 0.192 e. The van der Waals surface area contributed by atoms with Gasteiger partial charge in [0.2, 0.25) is 0 Å². The van der Waals surface area contributed by atoms with E-state index < -0.39 is 0 Å². The van der Waals surface area contributed by atoms with Crippen LogP contribution >= 0.6 is 0 Å². The van der Waals surface area contributed by atoms with Gasteiger partial charge in [0.05, 0.1) is 26.0 Å². The minimum Gasteiger partial charge on any atom is -0.469 e. The van der Waals surface area contributed by atoms with Gasteiger partial charge in [-0.25, -0.2) is 0 Å². The van der Waals surface area contributed by atoms with Crippen molar-refractivity contribution in [2.75, 3.05) is 33.4 Å². The second kappa shape index (κ2) is 9.14. The van der Waals surface area contributed by atoms with Crippen LogP contribution in [0.2, 0.25) is 0 Å². The molecule has 1 heterocycles. The van der Waals surface area contributed by atoms with Gasteiger partial charge in [-0.15, -0.1) is 6.42 Å². The monoisotopic (exact) mass is 249 g/mol. The molecule has 1 aromatic heterocycles. The highest BCUT2D eigenvalue weighted by atomic mass is 16.5. The molecule has 1 aromatic rings. The normalized spacial score (nSPS) is 11.0. The van der Waals surface area contributed by atoms with Crippen molar-refractivity contribution in [3.05, 3.63) is 24.2 Å². The second-order valence-corrected chi connectivity index (χ2v) is 3.54. The van der Waals surface area contributed by atoms with Gasteiger partial charge in [0, 0.05) is 20.1 Å². The van der Waals surface area contributed by atoms with Gasteiger partial charge >= 0.3 is 0 Å². The van der Waals surface area contributed by atoms with Crippen LogP contribution in [0.4, 0.5) is 0 Å². The number of ether oxygens (including phenoxy) is 1. The van der Waals surface area contributed by atoms with Crippen LogP contribution in [-0.2, 0) is 11.2 Å². The number of aliphatic imine (C=N–C) groups is 1. The Hall–Kier alpha value is -1.93. The van der Waals surface area contributed by atoms with Crippen LogP contribution in [0.15, 0.2) is 27.8 Å². The number of rotatable bonds is 7. The molecule has 0 aliphatic carbocycles. The van der Waals surface area contributed by atoms with Crippen LogP contribution < -0.4 is 10.6 Å². The zero-order chi connectivity index (χ0) is 13.1. The largest absolute Gasteiger partial charge is 0.469 e. The maximum absolute atomic E-state index is 5.24. The molecule has 5 nitrogen and oxygen atoms in total. The molecule has 1 rings (SSSR count). The highest BCUT2D eigenvalue weighted by Crippen LogP contribution is 1.99. The van der Waals surface area contributed by atoms with E-state index in [1.807, 2.05) is 12.1 Å². The SMILES string of the molecule is C#CCNC(=NCCOC)NCCc1ccco1. The lowest BCUT2D eigenvalue weighted by atomic mass is 10.3. The lowest BCUT2D eigenvalue weighted by Crippen LogP contribution is -2.38. The van der Waals surface area contributed by atoms with E-state index in [1.54, 1.807) is 13.4 Å². The maximum atomic E-state index is 5.24. The Kier molecular flexibility index (Phi) is 7.17. The minimum atomic E-state index is 0.444. The Morgan fingerprint density at radius 1 is 1.56 bits per heavy atom. The van der Waals surface area contributed by atoms with Crippen molar-refractivity contribution in [1.29, 1.82) is 0 Å². The third-order valence-electron chi connectivity index (χ3n) is 2.17. The smallest absolute Gasteiger partial charge is 0.192 e. The van der Waals surface area contributed by atoms with Crippen molar-refractivity contribution in [2.45, 2.75) is 6.42 Å². The first kappa shape index (κ1) is 14.1. The zero-order valence-corrected chi connectivity index (χ0v) is 10.6. The summed E-state index contributed by atoms with van der Waals surface area (Å²) in [4.78, 5) is 4.31. The predicted octanol–water partition coefficient (Wildman–Crippen LogP) is 0.637. The van der Waals surface area contributed by atoms with Crippen LogP contribution in [0.1, 0.15) is 5.76 Å². The first-order valence-corrected chi connectivity index (χ1v) is 5.83.